The van der Waals surface area contributed by atoms with E-state index in [1.54, 1.807) is 0 Å². The molecule has 54 valence electrons. The van der Waals surface area contributed by atoms with Gasteiger partial charge < -0.3 is 10.4 Å². The summed E-state index contributed by atoms with van der Waals surface area (Å²) in [5.74, 6) is 0. The van der Waals surface area contributed by atoms with Crippen molar-refractivity contribution in [3.63, 3.8) is 0 Å². The molecule has 0 aromatic carbocycles. The van der Waals surface area contributed by atoms with Gasteiger partial charge in [0, 0.05) is 4.88 Å². The fourth-order valence-corrected chi connectivity index (χ4v) is 1.22. The maximum atomic E-state index is 9.99. The van der Waals surface area contributed by atoms with Gasteiger partial charge in [0.25, 0.3) is 0 Å². The number of carboxylic acid groups (broad SMARTS) is 1. The van der Waals surface area contributed by atoms with Crippen molar-refractivity contribution in [1.82, 2.24) is 5.32 Å². The molecule has 1 amide bonds. The van der Waals surface area contributed by atoms with Gasteiger partial charge in [-0.3, -0.25) is 0 Å². The Kier molecular flexibility index (Phi) is 2.28. The summed E-state index contributed by atoms with van der Waals surface area (Å²) in [6, 6.07) is 3.78. The van der Waals surface area contributed by atoms with Crippen molar-refractivity contribution in [2.75, 3.05) is 0 Å². The average molecular weight is 157 g/mol. The van der Waals surface area contributed by atoms with Crippen LogP contribution >= 0.6 is 11.3 Å². The Bertz CT molecular complexity index is 208. The number of rotatable bonds is 2. The SMILES string of the molecule is O=C(O)NCc1cccs1. The van der Waals surface area contributed by atoms with Crippen LogP contribution in [0, 0.1) is 0 Å². The standard InChI is InChI=1S/C6H7NO2S/c8-6(9)7-4-5-2-1-3-10-5/h1-3,7H,4H2,(H,8,9). The molecule has 0 saturated carbocycles. The number of hydrogen-bond acceptors (Lipinski definition) is 2. The minimum Gasteiger partial charge on any atom is -0.465 e. The summed E-state index contributed by atoms with van der Waals surface area (Å²) in [5.41, 5.74) is 0. The van der Waals surface area contributed by atoms with Crippen LogP contribution in [-0.2, 0) is 6.54 Å². The van der Waals surface area contributed by atoms with Crippen molar-refractivity contribution in [2.24, 2.45) is 0 Å². The highest BCUT2D eigenvalue weighted by Gasteiger charge is 1.95. The lowest BCUT2D eigenvalue weighted by atomic mass is 10.5. The second-order valence-corrected chi connectivity index (χ2v) is 2.77. The fourth-order valence-electron chi connectivity index (χ4n) is 0.576. The van der Waals surface area contributed by atoms with E-state index in [2.05, 4.69) is 5.32 Å². The molecule has 0 atom stereocenters. The largest absolute Gasteiger partial charge is 0.465 e. The van der Waals surface area contributed by atoms with E-state index in [0.717, 1.165) is 4.88 Å². The van der Waals surface area contributed by atoms with Gasteiger partial charge in [0.1, 0.15) is 0 Å². The van der Waals surface area contributed by atoms with Crippen LogP contribution in [0.3, 0.4) is 0 Å². The van der Waals surface area contributed by atoms with E-state index >= 15 is 0 Å². The molecule has 0 spiro atoms. The van der Waals surface area contributed by atoms with Crippen LogP contribution in [0.15, 0.2) is 17.5 Å². The minimum absolute atomic E-state index is 0.410. The predicted molar refractivity (Wildman–Crippen MR) is 39.2 cm³/mol. The Balaban J connectivity index is 2.35. The smallest absolute Gasteiger partial charge is 0.404 e. The molecule has 0 aliphatic carbocycles. The van der Waals surface area contributed by atoms with Gasteiger partial charge in [-0.15, -0.1) is 11.3 Å². The Hall–Kier alpha value is -1.03. The van der Waals surface area contributed by atoms with Gasteiger partial charge in [0.05, 0.1) is 6.54 Å². The van der Waals surface area contributed by atoms with Crippen molar-refractivity contribution < 1.29 is 9.90 Å². The third kappa shape index (κ3) is 2.06. The van der Waals surface area contributed by atoms with Crippen molar-refractivity contribution in [3.8, 4) is 0 Å². The number of hydrogen-bond donors (Lipinski definition) is 2. The topological polar surface area (TPSA) is 49.3 Å². The molecule has 4 heteroatoms. The first-order chi connectivity index (χ1) is 4.79. The molecule has 0 bridgehead atoms. The van der Waals surface area contributed by atoms with Crippen molar-refractivity contribution in [3.05, 3.63) is 22.4 Å². The minimum atomic E-state index is -0.978. The third-order valence-corrected chi connectivity index (χ3v) is 1.87. The molecule has 1 heterocycles. The Morgan fingerprint density at radius 3 is 3.10 bits per heavy atom. The highest BCUT2D eigenvalue weighted by atomic mass is 32.1. The summed E-state index contributed by atoms with van der Waals surface area (Å²) in [5, 5.41) is 12.4. The summed E-state index contributed by atoms with van der Waals surface area (Å²) >= 11 is 1.54. The molecule has 2 N–H and O–H groups in total. The van der Waals surface area contributed by atoms with Gasteiger partial charge in [-0.1, -0.05) is 6.07 Å². The first kappa shape index (κ1) is 7.08. The number of amides is 1. The fraction of sp³-hybridized carbons (Fsp3) is 0.167. The third-order valence-electron chi connectivity index (χ3n) is 0.994. The number of thiophene rings is 1. The second kappa shape index (κ2) is 3.22. The molecular formula is C6H7NO2S. The van der Waals surface area contributed by atoms with E-state index < -0.39 is 6.09 Å². The summed E-state index contributed by atoms with van der Waals surface area (Å²) in [6.45, 7) is 0.410. The van der Waals surface area contributed by atoms with Crippen LogP contribution in [0.1, 0.15) is 4.88 Å². The van der Waals surface area contributed by atoms with Crippen LogP contribution in [0.25, 0.3) is 0 Å². The maximum Gasteiger partial charge on any atom is 0.404 e. The van der Waals surface area contributed by atoms with E-state index in [0.29, 0.717) is 6.54 Å². The van der Waals surface area contributed by atoms with Crippen LogP contribution < -0.4 is 5.32 Å². The van der Waals surface area contributed by atoms with Crippen molar-refractivity contribution in [2.45, 2.75) is 6.54 Å². The summed E-state index contributed by atoms with van der Waals surface area (Å²) in [6.07, 6.45) is -0.978. The van der Waals surface area contributed by atoms with E-state index in [1.807, 2.05) is 17.5 Å². The number of nitrogens with one attached hydrogen (secondary N) is 1. The highest BCUT2D eigenvalue weighted by molar-refractivity contribution is 7.09. The lowest BCUT2D eigenvalue weighted by Gasteiger charge is -1.94. The molecule has 0 aliphatic rings. The van der Waals surface area contributed by atoms with E-state index in [9.17, 15) is 4.79 Å². The van der Waals surface area contributed by atoms with Gasteiger partial charge in [-0.2, -0.15) is 0 Å². The van der Waals surface area contributed by atoms with Gasteiger partial charge in [-0.25, -0.2) is 4.79 Å². The molecule has 0 aliphatic heterocycles. The molecule has 0 fully saturated rings. The average Bonchev–Trinajstić information content (AvgIpc) is 2.34. The molecule has 1 aromatic rings. The van der Waals surface area contributed by atoms with Gasteiger partial charge in [0.2, 0.25) is 0 Å². The van der Waals surface area contributed by atoms with Crippen LogP contribution in [-0.4, -0.2) is 11.2 Å². The molecule has 0 unspecified atom stereocenters. The predicted octanol–water partition coefficient (Wildman–Crippen LogP) is 1.52. The lowest BCUT2D eigenvalue weighted by molar-refractivity contribution is 0.194. The van der Waals surface area contributed by atoms with Gasteiger partial charge in [-0.05, 0) is 11.4 Å². The molecule has 10 heavy (non-hydrogen) atoms. The lowest BCUT2D eigenvalue weighted by Crippen LogP contribution is -2.19. The van der Waals surface area contributed by atoms with Crippen LogP contribution in [0.5, 0.6) is 0 Å². The molecule has 0 radical (unpaired) electrons. The molecule has 3 nitrogen and oxygen atoms in total. The molecular weight excluding hydrogens is 150 g/mol. The normalized spacial score (nSPS) is 9.20. The van der Waals surface area contributed by atoms with Crippen LogP contribution in [0.2, 0.25) is 0 Å². The van der Waals surface area contributed by atoms with Gasteiger partial charge >= 0.3 is 6.09 Å². The summed E-state index contributed by atoms with van der Waals surface area (Å²) in [4.78, 5) is 11.0. The summed E-state index contributed by atoms with van der Waals surface area (Å²) in [7, 11) is 0. The maximum absolute atomic E-state index is 9.99. The van der Waals surface area contributed by atoms with Gasteiger partial charge in [0.15, 0.2) is 0 Å². The van der Waals surface area contributed by atoms with E-state index in [-0.39, 0.29) is 0 Å². The first-order valence-corrected chi connectivity index (χ1v) is 3.66. The zero-order valence-electron chi connectivity index (χ0n) is 5.20. The van der Waals surface area contributed by atoms with Crippen molar-refractivity contribution in [1.29, 1.82) is 0 Å². The first-order valence-electron chi connectivity index (χ1n) is 2.78. The van der Waals surface area contributed by atoms with Crippen molar-refractivity contribution >= 4 is 17.4 Å². The monoisotopic (exact) mass is 157 g/mol. The Labute approximate surface area is 62.3 Å². The molecule has 1 aromatic heterocycles. The number of carbonyl (C=O) groups is 1. The Morgan fingerprint density at radius 2 is 2.60 bits per heavy atom. The zero-order chi connectivity index (χ0) is 7.40. The second-order valence-electron chi connectivity index (χ2n) is 1.74. The highest BCUT2D eigenvalue weighted by Crippen LogP contribution is 2.06. The quantitative estimate of drug-likeness (QED) is 0.683. The van der Waals surface area contributed by atoms with E-state index in [1.165, 1.54) is 11.3 Å². The zero-order valence-corrected chi connectivity index (χ0v) is 6.02. The summed E-state index contributed by atoms with van der Waals surface area (Å²) < 4.78 is 0. The molecule has 0 saturated heterocycles. The Morgan fingerprint density at radius 1 is 1.80 bits per heavy atom. The molecule has 1 rings (SSSR count). The van der Waals surface area contributed by atoms with Crippen LogP contribution in [0.4, 0.5) is 4.79 Å². The van der Waals surface area contributed by atoms with E-state index in [4.69, 9.17) is 5.11 Å².